The molecule has 1 aromatic carbocycles. The van der Waals surface area contributed by atoms with Crippen molar-refractivity contribution in [3.8, 4) is 0 Å². The monoisotopic (exact) mass is 487 g/mol. The molecule has 1 aromatic rings. The lowest BCUT2D eigenvalue weighted by molar-refractivity contribution is -0.520. The van der Waals surface area contributed by atoms with Gasteiger partial charge in [0.1, 0.15) is 11.8 Å². The first kappa shape index (κ1) is 26.5. The van der Waals surface area contributed by atoms with Gasteiger partial charge < -0.3 is 24.8 Å². The van der Waals surface area contributed by atoms with Gasteiger partial charge in [-0.2, -0.15) is 17.7 Å². The summed E-state index contributed by atoms with van der Waals surface area (Å²) in [6, 6.07) is 5.35. The fourth-order valence-electron chi connectivity index (χ4n) is 3.24. The number of aliphatic hydroxyl groups excluding tert-OH is 1. The molecule has 1 unspecified atom stereocenters. The van der Waals surface area contributed by atoms with E-state index in [2.05, 4.69) is 0 Å². The van der Waals surface area contributed by atoms with Gasteiger partial charge in [0.25, 0.3) is 0 Å². The summed E-state index contributed by atoms with van der Waals surface area (Å²) in [4.78, 5) is 48.7. The Kier molecular flexibility index (Phi) is 8.13. The van der Waals surface area contributed by atoms with E-state index in [1.807, 2.05) is 0 Å². The molecule has 3 rings (SSSR count). The third-order valence-corrected chi connectivity index (χ3v) is 4.96. The molecule has 0 saturated carbocycles. The minimum atomic E-state index is -5.19. The number of carboxylic acids is 1. The summed E-state index contributed by atoms with van der Waals surface area (Å²) >= 11 is 0. The van der Waals surface area contributed by atoms with Gasteiger partial charge >= 0.3 is 17.8 Å². The molecule has 0 radical (unpaired) electrons. The normalized spacial score (nSPS) is 18.0. The molecule has 1 saturated heterocycles. The van der Waals surface area contributed by atoms with Gasteiger partial charge in [0.15, 0.2) is 12.3 Å². The van der Waals surface area contributed by atoms with Gasteiger partial charge in [0.2, 0.25) is 17.4 Å². The number of piperazine rings is 1. The van der Waals surface area contributed by atoms with E-state index in [0.29, 0.717) is 5.56 Å². The summed E-state index contributed by atoms with van der Waals surface area (Å²) in [5, 5.41) is 19.0. The highest BCUT2D eigenvalue weighted by molar-refractivity contribution is 6.08. The molecular formula is C21H21F4N3O6. The first-order valence-corrected chi connectivity index (χ1v) is 9.82. The highest BCUT2D eigenvalue weighted by Crippen LogP contribution is 2.25. The van der Waals surface area contributed by atoms with Gasteiger partial charge in [-0.1, -0.05) is 12.1 Å². The quantitative estimate of drug-likeness (QED) is 0.477. The number of aliphatic carboxylic acids is 1. The molecule has 1 fully saturated rings. The first-order valence-electron chi connectivity index (χ1n) is 9.82. The predicted molar refractivity (Wildman–Crippen MR) is 106 cm³/mol. The van der Waals surface area contributed by atoms with Crippen LogP contribution in [0.1, 0.15) is 18.4 Å². The fourth-order valence-corrected chi connectivity index (χ4v) is 3.24. The van der Waals surface area contributed by atoms with Crippen LogP contribution in [-0.4, -0.2) is 82.1 Å². The molecule has 0 aliphatic carbocycles. The third-order valence-electron chi connectivity index (χ3n) is 4.96. The largest absolute Gasteiger partial charge is 0.542 e. The number of allylic oxidation sites excluding steroid dienone is 1. The van der Waals surface area contributed by atoms with E-state index in [0.717, 1.165) is 0 Å². The number of nitrogens with zero attached hydrogens (tertiary/aromatic N) is 3. The van der Waals surface area contributed by atoms with Crippen molar-refractivity contribution in [2.45, 2.75) is 31.6 Å². The number of aliphatic hydroxyl groups is 1. The van der Waals surface area contributed by atoms with Crippen LogP contribution in [0.25, 0.3) is 0 Å². The Morgan fingerprint density at radius 3 is 2.26 bits per heavy atom. The topological polar surface area (TPSA) is 121 Å². The van der Waals surface area contributed by atoms with Crippen molar-refractivity contribution in [3.63, 3.8) is 0 Å². The zero-order chi connectivity index (χ0) is 25.8. The number of carbonyl (C=O) groups excluding carboxylic acids is 4. The highest BCUT2D eigenvalue weighted by atomic mass is 19.4. The van der Waals surface area contributed by atoms with Crippen LogP contribution in [-0.2, 0) is 25.7 Å². The maximum Gasteiger partial charge on any atom is 0.430 e. The van der Waals surface area contributed by atoms with Crippen molar-refractivity contribution in [1.29, 1.82) is 0 Å². The third kappa shape index (κ3) is 6.39. The van der Waals surface area contributed by atoms with E-state index in [1.54, 1.807) is 37.0 Å². The minimum absolute atomic E-state index is 0.0206. The molecule has 1 atom stereocenters. The number of ketones is 1. The molecular weight excluding hydrogens is 466 g/mol. The Morgan fingerprint density at radius 2 is 1.76 bits per heavy atom. The van der Waals surface area contributed by atoms with Crippen LogP contribution < -0.4 is 5.11 Å². The van der Waals surface area contributed by atoms with E-state index in [-0.39, 0.29) is 43.4 Å². The molecule has 0 spiro atoms. The van der Waals surface area contributed by atoms with Gasteiger partial charge in [-0.3, -0.25) is 14.4 Å². The zero-order valence-corrected chi connectivity index (χ0v) is 18.1. The summed E-state index contributed by atoms with van der Waals surface area (Å²) < 4.78 is 46.2. The Bertz CT molecular complexity index is 1050. The van der Waals surface area contributed by atoms with Crippen LogP contribution in [0.4, 0.5) is 17.6 Å². The van der Waals surface area contributed by atoms with E-state index < -0.39 is 35.6 Å². The predicted octanol–water partition coefficient (Wildman–Crippen LogP) is 0.139. The van der Waals surface area contributed by atoms with Crippen LogP contribution in [0.5, 0.6) is 0 Å². The van der Waals surface area contributed by atoms with Gasteiger partial charge in [-0.05, 0) is 17.7 Å². The average molecular weight is 487 g/mol. The van der Waals surface area contributed by atoms with Crippen LogP contribution in [0.2, 0.25) is 0 Å². The standard InChI is InChI=1S/C19H20FN3O4.C2HF3O2/c1-21(2)16(25)9-14-11-22(10-12-3-5-13(20)6-4-12)19(27)17-18(26)15(24)7-8-23(14)17;3-2(4,5)1(6)7/h3-6,8,14H,7,9-11H2,1-2H3;(H,6,7). The van der Waals surface area contributed by atoms with E-state index in [1.165, 1.54) is 21.9 Å². The molecule has 2 amide bonds. The maximum atomic E-state index is 13.1. The number of halogens is 4. The molecule has 1 N–H and O–H groups in total. The summed E-state index contributed by atoms with van der Waals surface area (Å²) in [5.74, 6) is -5.11. The smallest absolute Gasteiger partial charge is 0.430 e. The lowest BCUT2D eigenvalue weighted by Crippen LogP contribution is -2.53. The SMILES string of the molecule is CN(C)C(=O)CC1CN(Cc2ccc(F)cc2)C(=O)C2=C(O)C(=O)CC=[N+]21.O=C([O-])C(F)(F)F. The number of benzene rings is 1. The number of alkyl halides is 3. The van der Waals surface area contributed by atoms with Crippen molar-refractivity contribution >= 4 is 29.8 Å². The summed E-state index contributed by atoms with van der Waals surface area (Å²) in [6.07, 6.45) is -3.53. The van der Waals surface area contributed by atoms with Gasteiger partial charge in [-0.15, -0.1) is 0 Å². The molecule has 9 nitrogen and oxygen atoms in total. The van der Waals surface area contributed by atoms with Crippen molar-refractivity contribution in [2.24, 2.45) is 0 Å². The van der Waals surface area contributed by atoms with E-state index in [4.69, 9.17) is 9.90 Å². The molecule has 2 aliphatic heterocycles. The molecule has 0 bridgehead atoms. The Hall–Kier alpha value is -3.77. The number of amides is 2. The maximum absolute atomic E-state index is 13.1. The van der Waals surface area contributed by atoms with Crippen LogP contribution in [0.3, 0.4) is 0 Å². The average Bonchev–Trinajstić information content (AvgIpc) is 2.74. The zero-order valence-electron chi connectivity index (χ0n) is 18.1. The van der Waals surface area contributed by atoms with Crippen LogP contribution in [0, 0.1) is 5.82 Å². The second kappa shape index (κ2) is 10.4. The number of rotatable bonds is 4. The molecule has 2 aliphatic rings. The van der Waals surface area contributed by atoms with Crippen molar-refractivity contribution in [2.75, 3.05) is 20.6 Å². The Morgan fingerprint density at radius 1 is 1.21 bits per heavy atom. The second-order valence-electron chi connectivity index (χ2n) is 7.66. The van der Waals surface area contributed by atoms with Gasteiger partial charge in [0, 0.05) is 20.6 Å². The number of carbonyl (C=O) groups is 4. The molecule has 34 heavy (non-hydrogen) atoms. The molecule has 184 valence electrons. The summed E-state index contributed by atoms with van der Waals surface area (Å²) in [7, 11) is 3.29. The first-order chi connectivity index (χ1) is 15.7. The summed E-state index contributed by atoms with van der Waals surface area (Å²) in [5.41, 5.74) is 0.609. The highest BCUT2D eigenvalue weighted by Gasteiger charge is 2.47. The van der Waals surface area contributed by atoms with Crippen molar-refractivity contribution < 1.29 is 51.5 Å². The summed E-state index contributed by atoms with van der Waals surface area (Å²) in [6.45, 7) is 0.432. The number of Topliss-reactive ketones (excluding diaryl/α,β-unsaturated/α-hetero) is 1. The second-order valence-corrected chi connectivity index (χ2v) is 7.66. The lowest BCUT2D eigenvalue weighted by Gasteiger charge is -2.32. The van der Waals surface area contributed by atoms with Gasteiger partial charge in [0.05, 0.1) is 19.4 Å². The van der Waals surface area contributed by atoms with Gasteiger partial charge in [-0.25, -0.2) is 4.39 Å². The van der Waals surface area contributed by atoms with Crippen molar-refractivity contribution in [3.05, 3.63) is 47.1 Å². The number of carboxylic acid groups (broad SMARTS) is 1. The Labute approximate surface area is 191 Å². The van der Waals surface area contributed by atoms with Crippen LogP contribution in [0.15, 0.2) is 35.7 Å². The van der Waals surface area contributed by atoms with E-state index >= 15 is 0 Å². The fraction of sp³-hybridized carbons (Fsp3) is 0.381. The Balaban J connectivity index is 0.000000509. The lowest BCUT2D eigenvalue weighted by atomic mass is 10.0. The minimum Gasteiger partial charge on any atom is -0.542 e. The number of hydrogen-bond acceptors (Lipinski definition) is 6. The molecule has 2 heterocycles. The number of hydrogen-bond donors (Lipinski definition) is 1. The van der Waals surface area contributed by atoms with Crippen molar-refractivity contribution in [1.82, 2.24) is 9.80 Å². The number of fused-ring (bicyclic) bond motifs is 1. The molecule has 13 heteroatoms. The molecule has 0 aromatic heterocycles. The van der Waals surface area contributed by atoms with Crippen LogP contribution >= 0.6 is 0 Å². The van der Waals surface area contributed by atoms with E-state index in [9.17, 15) is 37.1 Å².